The van der Waals surface area contributed by atoms with Gasteiger partial charge in [-0.15, -0.1) is 0 Å². The fraction of sp³-hybridized carbons (Fsp3) is 0.641. The Bertz CT molecular complexity index is 1640. The fourth-order valence-electron chi connectivity index (χ4n) is 5.10. The Morgan fingerprint density at radius 3 is 1.50 bits per heavy atom. The molecule has 0 aliphatic rings. The minimum Gasteiger partial charge on any atom is -0.460 e. The monoisotopic (exact) mass is 792 g/mol. The molecule has 0 amide bonds. The SMILES string of the molecule is CCCn1c(=O)c2nc(-c3ccc(/C=C/C(=O)OCCOCCOCCOCCOCCOCCOCCOCCOCCOC)cc3)[nH]c2n(CCC)c1=O. The van der Waals surface area contributed by atoms with Crippen molar-refractivity contribution in [1.82, 2.24) is 19.1 Å². The number of nitrogens with one attached hydrogen (secondary N) is 1. The third-order valence-corrected chi connectivity index (χ3v) is 7.86. The first-order valence-electron chi connectivity index (χ1n) is 19.3. The third kappa shape index (κ3) is 18.0. The molecule has 314 valence electrons. The van der Waals surface area contributed by atoms with Crippen LogP contribution in [0.15, 0.2) is 39.9 Å². The maximum atomic E-state index is 13.0. The van der Waals surface area contributed by atoms with Gasteiger partial charge < -0.3 is 52.4 Å². The molecule has 1 N–H and O–H groups in total. The van der Waals surface area contributed by atoms with Gasteiger partial charge in [-0.25, -0.2) is 14.6 Å². The standard InChI is InChI=1S/C39H60N4O13/c1-4-12-42-37-35(38(45)43(13-5-2)39(42)46)40-36(41-37)33-9-6-32(7-10-33)8-11-34(44)56-31-30-55-29-28-54-27-26-53-25-24-52-23-22-51-21-20-50-19-18-49-17-16-48-15-14-47-3/h6-11H,4-5,12-31H2,1-3H3,(H,40,41)/b11-8+. The number of ether oxygens (including phenoxy) is 10. The fourth-order valence-corrected chi connectivity index (χ4v) is 5.10. The predicted molar refractivity (Wildman–Crippen MR) is 209 cm³/mol. The van der Waals surface area contributed by atoms with Crippen LogP contribution < -0.4 is 11.2 Å². The number of aromatic nitrogens is 4. The molecule has 0 spiro atoms. The number of carbonyl (C=O) groups is 1. The number of hydrogen-bond acceptors (Lipinski definition) is 14. The lowest BCUT2D eigenvalue weighted by molar-refractivity contribution is -0.139. The summed E-state index contributed by atoms with van der Waals surface area (Å²) in [4.78, 5) is 45.8. The number of rotatable bonds is 34. The van der Waals surface area contributed by atoms with E-state index in [0.717, 1.165) is 17.5 Å². The van der Waals surface area contributed by atoms with E-state index < -0.39 is 11.5 Å². The molecule has 56 heavy (non-hydrogen) atoms. The zero-order valence-electron chi connectivity index (χ0n) is 33.2. The summed E-state index contributed by atoms with van der Waals surface area (Å²) < 4.78 is 56.4. The first kappa shape index (κ1) is 46.6. The molecular weight excluding hydrogens is 732 g/mol. The third-order valence-electron chi connectivity index (χ3n) is 7.86. The van der Waals surface area contributed by atoms with Gasteiger partial charge in [0.1, 0.15) is 18.1 Å². The number of imidazole rings is 1. The van der Waals surface area contributed by atoms with Crippen LogP contribution in [0.25, 0.3) is 28.6 Å². The summed E-state index contributed by atoms with van der Waals surface area (Å²) in [6.07, 6.45) is 4.39. The summed E-state index contributed by atoms with van der Waals surface area (Å²) in [7, 11) is 1.64. The van der Waals surface area contributed by atoms with Gasteiger partial charge in [0, 0.05) is 31.8 Å². The van der Waals surface area contributed by atoms with Crippen molar-refractivity contribution < 1.29 is 52.2 Å². The van der Waals surface area contributed by atoms with Crippen molar-refractivity contribution in [2.75, 3.05) is 126 Å². The number of aryl methyl sites for hydroxylation is 1. The average molecular weight is 793 g/mol. The predicted octanol–water partition coefficient (Wildman–Crippen LogP) is 2.71. The van der Waals surface area contributed by atoms with Crippen LogP contribution in [0.3, 0.4) is 0 Å². The zero-order valence-corrected chi connectivity index (χ0v) is 33.2. The van der Waals surface area contributed by atoms with E-state index in [1.807, 2.05) is 38.1 Å². The number of esters is 1. The highest BCUT2D eigenvalue weighted by atomic mass is 16.6. The highest BCUT2D eigenvalue weighted by Gasteiger charge is 2.17. The molecule has 2 aromatic heterocycles. The molecule has 17 heteroatoms. The Morgan fingerprint density at radius 1 is 0.625 bits per heavy atom. The van der Waals surface area contributed by atoms with E-state index in [1.54, 1.807) is 17.8 Å². The molecule has 2 heterocycles. The minimum absolute atomic E-state index is 0.113. The number of fused-ring (bicyclic) bond motifs is 1. The van der Waals surface area contributed by atoms with Gasteiger partial charge in [0.15, 0.2) is 5.52 Å². The highest BCUT2D eigenvalue weighted by molar-refractivity contribution is 5.87. The molecule has 0 saturated carbocycles. The van der Waals surface area contributed by atoms with Crippen LogP contribution in [-0.4, -0.2) is 151 Å². The van der Waals surface area contributed by atoms with E-state index >= 15 is 0 Å². The lowest BCUT2D eigenvalue weighted by Gasteiger charge is -2.09. The van der Waals surface area contributed by atoms with Crippen LogP contribution in [0.2, 0.25) is 0 Å². The molecule has 0 unspecified atom stereocenters. The smallest absolute Gasteiger partial charge is 0.332 e. The van der Waals surface area contributed by atoms with Gasteiger partial charge in [-0.05, 0) is 24.5 Å². The average Bonchev–Trinajstić information content (AvgIpc) is 3.66. The lowest BCUT2D eigenvalue weighted by atomic mass is 10.1. The number of benzene rings is 1. The number of H-pyrrole nitrogens is 1. The number of methoxy groups -OCH3 is 1. The van der Waals surface area contributed by atoms with E-state index in [0.29, 0.717) is 137 Å². The van der Waals surface area contributed by atoms with Gasteiger partial charge in [0.05, 0.1) is 112 Å². The van der Waals surface area contributed by atoms with Gasteiger partial charge in [0.2, 0.25) is 0 Å². The number of aromatic amines is 1. The first-order chi connectivity index (χ1) is 27.5. The zero-order chi connectivity index (χ0) is 40.1. The lowest BCUT2D eigenvalue weighted by Crippen LogP contribution is -2.40. The Morgan fingerprint density at radius 2 is 1.05 bits per heavy atom. The van der Waals surface area contributed by atoms with Crippen LogP contribution in [-0.2, 0) is 65.3 Å². The van der Waals surface area contributed by atoms with Crippen molar-refractivity contribution in [3.63, 3.8) is 0 Å². The molecule has 0 bridgehead atoms. The summed E-state index contributed by atoms with van der Waals surface area (Å²) in [6, 6.07) is 7.30. The molecule has 3 aromatic rings. The maximum Gasteiger partial charge on any atom is 0.332 e. The highest BCUT2D eigenvalue weighted by Crippen LogP contribution is 2.20. The summed E-state index contributed by atoms with van der Waals surface area (Å²) in [6.45, 7) is 12.8. The Kier molecular flexibility index (Phi) is 24.5. The molecule has 0 aliphatic carbocycles. The molecule has 0 radical (unpaired) electrons. The Hall–Kier alpha value is -3.78. The van der Waals surface area contributed by atoms with Crippen LogP contribution in [0.5, 0.6) is 0 Å². The second-order valence-electron chi connectivity index (χ2n) is 12.2. The summed E-state index contributed by atoms with van der Waals surface area (Å²) in [5.41, 5.74) is 1.44. The molecule has 0 saturated heterocycles. The van der Waals surface area contributed by atoms with Crippen LogP contribution >= 0.6 is 0 Å². The van der Waals surface area contributed by atoms with Crippen molar-refractivity contribution in [2.24, 2.45) is 0 Å². The van der Waals surface area contributed by atoms with Crippen LogP contribution in [0.1, 0.15) is 32.3 Å². The molecule has 0 aliphatic heterocycles. The van der Waals surface area contributed by atoms with Crippen molar-refractivity contribution >= 4 is 23.2 Å². The normalized spacial score (nSPS) is 11.7. The number of carbonyl (C=O) groups excluding carboxylic acids is 1. The maximum absolute atomic E-state index is 13.0. The minimum atomic E-state index is -0.489. The van der Waals surface area contributed by atoms with Gasteiger partial charge in [-0.3, -0.25) is 13.9 Å². The van der Waals surface area contributed by atoms with Crippen LogP contribution in [0.4, 0.5) is 0 Å². The van der Waals surface area contributed by atoms with E-state index in [-0.39, 0.29) is 24.4 Å². The quantitative estimate of drug-likeness (QED) is 0.0530. The second kappa shape index (κ2) is 29.5. The first-order valence-corrected chi connectivity index (χ1v) is 19.3. The number of hydrogen-bond donors (Lipinski definition) is 1. The topological polar surface area (TPSA) is 182 Å². The van der Waals surface area contributed by atoms with Gasteiger partial charge in [0.25, 0.3) is 5.56 Å². The van der Waals surface area contributed by atoms with E-state index in [9.17, 15) is 14.4 Å². The summed E-state index contributed by atoms with van der Waals surface area (Å²) >= 11 is 0. The van der Waals surface area contributed by atoms with Crippen molar-refractivity contribution in [3.05, 3.63) is 56.7 Å². The van der Waals surface area contributed by atoms with E-state index in [1.165, 1.54) is 10.6 Å². The van der Waals surface area contributed by atoms with Gasteiger partial charge in [-0.2, -0.15) is 0 Å². The Labute approximate surface area is 328 Å². The molecule has 0 atom stereocenters. The summed E-state index contributed by atoms with van der Waals surface area (Å²) in [5.74, 6) is -0.00559. The summed E-state index contributed by atoms with van der Waals surface area (Å²) in [5, 5.41) is 0. The van der Waals surface area contributed by atoms with Gasteiger partial charge in [-0.1, -0.05) is 38.1 Å². The van der Waals surface area contributed by atoms with Crippen LogP contribution in [0, 0.1) is 0 Å². The van der Waals surface area contributed by atoms with Crippen molar-refractivity contribution in [1.29, 1.82) is 0 Å². The molecule has 1 aromatic carbocycles. The largest absolute Gasteiger partial charge is 0.460 e. The molecule has 0 fully saturated rings. The van der Waals surface area contributed by atoms with Crippen molar-refractivity contribution in [3.8, 4) is 11.4 Å². The molecule has 17 nitrogen and oxygen atoms in total. The molecule has 3 rings (SSSR count). The van der Waals surface area contributed by atoms with E-state index in [4.69, 9.17) is 47.4 Å². The second-order valence-corrected chi connectivity index (χ2v) is 12.2. The van der Waals surface area contributed by atoms with Crippen molar-refractivity contribution in [2.45, 2.75) is 39.8 Å². The Balaban J connectivity index is 1.14. The van der Waals surface area contributed by atoms with Gasteiger partial charge >= 0.3 is 11.7 Å². The van der Waals surface area contributed by atoms with E-state index in [2.05, 4.69) is 9.97 Å². The number of nitrogens with zero attached hydrogens (tertiary/aromatic N) is 3. The molecular formula is C39H60N4O13.